The largest absolute Gasteiger partial charge is 0.490 e. The number of nitrogens with zero attached hydrogens (tertiary/aromatic N) is 2. The van der Waals surface area contributed by atoms with Crippen LogP contribution in [0.15, 0.2) is 17.1 Å². The van der Waals surface area contributed by atoms with Crippen molar-refractivity contribution in [2.24, 2.45) is 0 Å². The van der Waals surface area contributed by atoms with E-state index in [0.29, 0.717) is 4.57 Å². The fourth-order valence-electron chi connectivity index (χ4n) is 2.47. The van der Waals surface area contributed by atoms with Gasteiger partial charge in [0, 0.05) is 6.20 Å². The van der Waals surface area contributed by atoms with Crippen molar-refractivity contribution < 1.29 is 61.4 Å². The lowest BCUT2D eigenvalue weighted by atomic mass is 10.0. The second-order valence-electron chi connectivity index (χ2n) is 5.82. The van der Waals surface area contributed by atoms with Crippen molar-refractivity contribution in [2.75, 3.05) is 12.3 Å². The molecule has 174 valence electrons. The minimum absolute atomic E-state index is 0.189. The maximum atomic E-state index is 12.1. The second-order valence-corrected chi connectivity index (χ2v) is 10.2. The number of anilines is 1. The van der Waals surface area contributed by atoms with E-state index < -0.39 is 59.8 Å². The molecule has 8 N–H and O–H groups in total. The summed E-state index contributed by atoms with van der Waals surface area (Å²) < 4.78 is 51.0. The molecule has 0 aromatic carbocycles. The van der Waals surface area contributed by atoms with E-state index in [4.69, 9.17) is 31.6 Å². The first-order valence-corrected chi connectivity index (χ1v) is 12.2. The Morgan fingerprint density at radius 2 is 1.84 bits per heavy atom. The van der Waals surface area contributed by atoms with Gasteiger partial charge in [-0.2, -0.15) is 13.6 Å². The van der Waals surface area contributed by atoms with Gasteiger partial charge in [-0.25, -0.2) is 18.5 Å². The first kappa shape index (κ1) is 25.8. The average molecular weight is 507 g/mol. The summed E-state index contributed by atoms with van der Waals surface area (Å²) in [5, 5.41) is 20.5. The van der Waals surface area contributed by atoms with Crippen LogP contribution in [0.3, 0.4) is 0 Å². The first-order chi connectivity index (χ1) is 14.0. The number of rotatable bonds is 8. The van der Waals surface area contributed by atoms with Crippen LogP contribution in [-0.4, -0.2) is 64.3 Å². The number of phosphoric ester groups is 1. The molecule has 1 aliphatic heterocycles. The molecule has 0 bridgehead atoms. The zero-order valence-corrected chi connectivity index (χ0v) is 17.6. The number of aliphatic hydroxyl groups is 2. The summed E-state index contributed by atoms with van der Waals surface area (Å²) >= 11 is 0. The van der Waals surface area contributed by atoms with Crippen molar-refractivity contribution in [3.8, 4) is 12.3 Å². The molecule has 17 nitrogen and oxygen atoms in total. The van der Waals surface area contributed by atoms with Gasteiger partial charge in [-0.1, -0.05) is 0 Å². The van der Waals surface area contributed by atoms with Gasteiger partial charge in [-0.05, 0) is 12.0 Å². The molecule has 20 heteroatoms. The van der Waals surface area contributed by atoms with Crippen molar-refractivity contribution in [3.05, 3.63) is 22.7 Å². The van der Waals surface area contributed by atoms with E-state index in [1.807, 2.05) is 5.92 Å². The minimum Gasteiger partial charge on any atom is -0.387 e. The number of aliphatic hydroxyl groups excluding tert-OH is 2. The highest BCUT2D eigenvalue weighted by molar-refractivity contribution is 7.66. The van der Waals surface area contributed by atoms with E-state index in [9.17, 15) is 33.6 Å². The Hall–Kier alpha value is -1.47. The Labute approximate surface area is 172 Å². The molecular weight excluding hydrogens is 491 g/mol. The van der Waals surface area contributed by atoms with Crippen LogP contribution < -0.4 is 11.4 Å². The van der Waals surface area contributed by atoms with Gasteiger partial charge in [0.15, 0.2) is 0 Å². The molecule has 0 radical (unpaired) electrons. The Balaban J connectivity index is 2.19. The third-order valence-electron chi connectivity index (χ3n) is 3.64. The van der Waals surface area contributed by atoms with Crippen LogP contribution >= 0.6 is 23.5 Å². The maximum absolute atomic E-state index is 12.1. The number of terminal acetylenes is 1. The van der Waals surface area contributed by atoms with Crippen LogP contribution in [0, 0.1) is 12.3 Å². The normalized spacial score (nSPS) is 30.3. The summed E-state index contributed by atoms with van der Waals surface area (Å²) in [4.78, 5) is 51.0. The highest BCUT2D eigenvalue weighted by atomic mass is 31.3. The highest BCUT2D eigenvalue weighted by Gasteiger charge is 2.56. The standard InChI is InChI=1S/C11H16N3O14P3/c1-2-11(14-4-3-7(12)13-10(14)17)9(16)8(15)6(26-11)5-25-30(21,22)28-31(23,24)27-29(18,19)20/h1,3-4,6,8-9,15-16H,5H2,(H,21,22)(H,23,24)(H2,12,13,17)(H2,18,19,20)/t6-,8-,9-,11-/m1/s1. The molecule has 0 spiro atoms. The minimum atomic E-state index is -5.77. The molecule has 1 aromatic heterocycles. The number of hydrogen-bond donors (Lipinski definition) is 7. The topological polar surface area (TPSA) is 270 Å². The third-order valence-corrected chi connectivity index (χ3v) is 7.45. The lowest BCUT2D eigenvalue weighted by Gasteiger charge is -2.28. The SMILES string of the molecule is C#C[C@@]1(n2ccc(N)nc2=O)O[C@H](COP(=O)(O)OP(=O)(O)OP(=O)(O)O)[C@@H](O)[C@H]1O. The van der Waals surface area contributed by atoms with Crippen LogP contribution in [-0.2, 0) is 37.3 Å². The fourth-order valence-corrected chi connectivity index (χ4v) is 5.50. The van der Waals surface area contributed by atoms with Crippen LogP contribution in [0.2, 0.25) is 0 Å². The van der Waals surface area contributed by atoms with E-state index in [0.717, 1.165) is 12.3 Å². The molecule has 2 unspecified atom stereocenters. The van der Waals surface area contributed by atoms with Gasteiger partial charge in [0.2, 0.25) is 5.72 Å². The van der Waals surface area contributed by atoms with Crippen LogP contribution in [0.1, 0.15) is 0 Å². The molecule has 1 aromatic rings. The lowest BCUT2D eigenvalue weighted by Crippen LogP contribution is -2.49. The molecule has 6 atom stereocenters. The molecule has 2 heterocycles. The van der Waals surface area contributed by atoms with Crippen LogP contribution in [0.4, 0.5) is 5.82 Å². The van der Waals surface area contributed by atoms with Gasteiger partial charge in [-0.3, -0.25) is 9.09 Å². The van der Waals surface area contributed by atoms with Gasteiger partial charge in [0.05, 0.1) is 6.61 Å². The van der Waals surface area contributed by atoms with Crippen molar-refractivity contribution in [1.82, 2.24) is 9.55 Å². The molecular formula is C11H16N3O14P3. The van der Waals surface area contributed by atoms with Crippen LogP contribution in [0.5, 0.6) is 0 Å². The van der Waals surface area contributed by atoms with Crippen molar-refractivity contribution in [1.29, 1.82) is 0 Å². The smallest absolute Gasteiger partial charge is 0.387 e. The Kier molecular flexibility index (Phi) is 7.33. The molecule has 1 saturated heterocycles. The predicted octanol–water partition coefficient (Wildman–Crippen LogP) is -2.42. The molecule has 0 aliphatic carbocycles. The average Bonchev–Trinajstić information content (AvgIpc) is 2.82. The quantitative estimate of drug-likeness (QED) is 0.142. The fraction of sp³-hybridized carbons (Fsp3) is 0.455. The molecule has 1 aliphatic rings. The van der Waals surface area contributed by atoms with Gasteiger partial charge in [0.25, 0.3) is 0 Å². The summed E-state index contributed by atoms with van der Waals surface area (Å²) in [6, 6.07) is 1.13. The maximum Gasteiger partial charge on any atom is 0.490 e. The number of nitrogens with two attached hydrogens (primary N) is 1. The van der Waals surface area contributed by atoms with Gasteiger partial charge in [-0.15, -0.1) is 6.42 Å². The molecule has 2 rings (SSSR count). The highest BCUT2D eigenvalue weighted by Crippen LogP contribution is 2.66. The number of nitrogen functional groups attached to an aromatic ring is 1. The summed E-state index contributed by atoms with van der Waals surface area (Å²) in [6.45, 7) is -1.12. The van der Waals surface area contributed by atoms with Gasteiger partial charge >= 0.3 is 29.2 Å². The monoisotopic (exact) mass is 507 g/mol. The van der Waals surface area contributed by atoms with Crippen molar-refractivity contribution in [3.63, 3.8) is 0 Å². The predicted molar refractivity (Wildman–Crippen MR) is 96.4 cm³/mol. The number of hydrogen-bond acceptors (Lipinski definition) is 12. The zero-order chi connectivity index (χ0) is 23.8. The Morgan fingerprint density at radius 1 is 1.23 bits per heavy atom. The van der Waals surface area contributed by atoms with Gasteiger partial charge < -0.3 is 40.3 Å². The Morgan fingerprint density at radius 3 is 2.35 bits per heavy atom. The van der Waals surface area contributed by atoms with E-state index >= 15 is 0 Å². The van der Waals surface area contributed by atoms with Crippen LogP contribution in [0.25, 0.3) is 0 Å². The number of phosphoric acid groups is 3. The lowest BCUT2D eigenvalue weighted by molar-refractivity contribution is -0.106. The molecule has 0 amide bonds. The van der Waals surface area contributed by atoms with Crippen molar-refractivity contribution in [2.45, 2.75) is 24.0 Å². The second kappa shape index (κ2) is 8.81. The third kappa shape index (κ3) is 6.07. The summed E-state index contributed by atoms with van der Waals surface area (Å²) in [5.41, 5.74) is 1.94. The zero-order valence-electron chi connectivity index (χ0n) is 14.9. The van der Waals surface area contributed by atoms with E-state index in [1.165, 1.54) is 0 Å². The number of ether oxygens (including phenoxy) is 1. The molecule has 31 heavy (non-hydrogen) atoms. The molecule has 1 fully saturated rings. The Bertz CT molecular complexity index is 1080. The summed E-state index contributed by atoms with van der Waals surface area (Å²) in [6.07, 6.45) is 0.735. The summed E-state index contributed by atoms with van der Waals surface area (Å²) in [7, 11) is -16.9. The van der Waals surface area contributed by atoms with Crippen molar-refractivity contribution >= 4 is 29.3 Å². The van der Waals surface area contributed by atoms with Gasteiger partial charge in [0.1, 0.15) is 24.1 Å². The first-order valence-electron chi connectivity index (χ1n) is 7.68. The van der Waals surface area contributed by atoms with E-state index in [1.54, 1.807) is 0 Å². The molecule has 0 saturated carbocycles. The van der Waals surface area contributed by atoms with E-state index in [2.05, 4.69) is 18.1 Å². The number of aromatic nitrogens is 2. The summed E-state index contributed by atoms with van der Waals surface area (Å²) in [5.74, 6) is 1.78. The van der Waals surface area contributed by atoms with E-state index in [-0.39, 0.29) is 5.82 Å².